The number of amides is 1. The number of anilines is 1. The van der Waals surface area contributed by atoms with Crippen molar-refractivity contribution >= 4 is 28.9 Å². The zero-order chi connectivity index (χ0) is 12.8. The Morgan fingerprint density at radius 2 is 2.35 bits per heavy atom. The molecule has 1 heterocycles. The Morgan fingerprint density at radius 3 is 2.88 bits per heavy atom. The summed E-state index contributed by atoms with van der Waals surface area (Å²) in [6.07, 6.45) is 0. The van der Waals surface area contributed by atoms with Crippen LogP contribution in [0.3, 0.4) is 0 Å². The van der Waals surface area contributed by atoms with Crippen molar-refractivity contribution in [3.05, 3.63) is 15.8 Å². The third kappa shape index (κ3) is 3.77. The number of nitrogens with one attached hydrogen (secondary N) is 1. The number of esters is 1. The molecule has 0 aliphatic carbocycles. The lowest BCUT2D eigenvalue weighted by molar-refractivity contribution is -0.123. The molecule has 0 aliphatic rings. The number of nitrogen functional groups attached to an aromatic ring is 1. The van der Waals surface area contributed by atoms with E-state index in [1.54, 1.807) is 13.0 Å². The van der Waals surface area contributed by atoms with E-state index in [1.165, 1.54) is 17.4 Å². The molecule has 0 unspecified atom stereocenters. The average molecular weight is 253 g/mol. The third-order valence-electron chi connectivity index (χ3n) is 1.86. The van der Waals surface area contributed by atoms with Gasteiger partial charge in [0.15, 0.2) is 6.61 Å². The van der Waals surface area contributed by atoms with Crippen LogP contribution < -0.4 is 11.1 Å². The number of rotatable bonds is 4. The van der Waals surface area contributed by atoms with Gasteiger partial charge in [-0.25, -0.2) is 4.79 Å². The van der Waals surface area contributed by atoms with Crippen LogP contribution in [0.15, 0.2) is 6.07 Å². The molecule has 0 radical (unpaired) electrons. The molecule has 1 aromatic rings. The fourth-order valence-electron chi connectivity index (χ4n) is 0.988. The molecule has 6 nitrogen and oxygen atoms in total. The van der Waals surface area contributed by atoms with Gasteiger partial charge >= 0.3 is 5.97 Å². The van der Waals surface area contributed by atoms with Crippen LogP contribution in [-0.4, -0.2) is 25.0 Å². The normalized spacial score (nSPS) is 9.41. The summed E-state index contributed by atoms with van der Waals surface area (Å²) < 4.78 is 4.75. The Morgan fingerprint density at radius 1 is 1.65 bits per heavy atom. The summed E-state index contributed by atoms with van der Waals surface area (Å²) in [5, 5.41) is 10.5. The lowest BCUT2D eigenvalue weighted by atomic mass is 10.4. The number of hydrogen-bond acceptors (Lipinski definition) is 6. The number of nitriles is 1. The van der Waals surface area contributed by atoms with Gasteiger partial charge in [-0.05, 0) is 13.0 Å². The molecule has 3 N–H and O–H groups in total. The first kappa shape index (κ1) is 13.0. The molecule has 1 rings (SSSR count). The average Bonchev–Trinajstić information content (AvgIpc) is 2.64. The van der Waals surface area contributed by atoms with E-state index in [1.807, 2.05) is 0 Å². The van der Waals surface area contributed by atoms with Gasteiger partial charge in [-0.15, -0.1) is 11.3 Å². The van der Waals surface area contributed by atoms with Gasteiger partial charge in [-0.3, -0.25) is 4.79 Å². The summed E-state index contributed by atoms with van der Waals surface area (Å²) in [5.74, 6) is -1.11. The van der Waals surface area contributed by atoms with Gasteiger partial charge in [-0.2, -0.15) is 5.26 Å². The second-order valence-corrected chi connectivity index (χ2v) is 4.39. The molecule has 0 saturated heterocycles. The number of nitrogens with zero attached hydrogens (tertiary/aromatic N) is 1. The number of carbonyl (C=O) groups is 2. The summed E-state index contributed by atoms with van der Waals surface area (Å²) in [5.41, 5.74) is 6.11. The van der Waals surface area contributed by atoms with E-state index in [-0.39, 0.29) is 6.54 Å². The van der Waals surface area contributed by atoms with Crippen molar-refractivity contribution in [2.75, 3.05) is 18.9 Å². The molecule has 0 fully saturated rings. The second kappa shape index (κ2) is 5.86. The Bertz CT molecular complexity index is 456. The monoisotopic (exact) mass is 253 g/mol. The van der Waals surface area contributed by atoms with Gasteiger partial charge in [0.1, 0.15) is 11.4 Å². The van der Waals surface area contributed by atoms with Gasteiger partial charge in [0.2, 0.25) is 0 Å². The standard InChI is InChI=1S/C10H11N3O3S/c1-6-7(12)4-8(17-6)10(15)16-5-9(14)13-3-2-11/h4H,3,5,12H2,1H3,(H,13,14). The lowest BCUT2D eigenvalue weighted by Crippen LogP contribution is -2.28. The maximum atomic E-state index is 11.5. The third-order valence-corrected chi connectivity index (χ3v) is 2.90. The number of hydrogen-bond donors (Lipinski definition) is 2. The number of nitrogens with two attached hydrogens (primary N) is 1. The van der Waals surface area contributed by atoms with Crippen LogP contribution in [0.2, 0.25) is 0 Å². The molecule has 0 aromatic carbocycles. The first-order chi connectivity index (χ1) is 8.04. The van der Waals surface area contributed by atoms with Crippen molar-refractivity contribution in [2.24, 2.45) is 0 Å². The topological polar surface area (TPSA) is 105 Å². The Hall–Kier alpha value is -2.07. The van der Waals surface area contributed by atoms with Crippen LogP contribution in [0.1, 0.15) is 14.5 Å². The fraction of sp³-hybridized carbons (Fsp3) is 0.300. The summed E-state index contributed by atoms with van der Waals surface area (Å²) in [6, 6.07) is 3.25. The van der Waals surface area contributed by atoms with Gasteiger partial charge in [-0.1, -0.05) is 0 Å². The molecule has 1 amide bonds. The van der Waals surface area contributed by atoms with E-state index in [0.29, 0.717) is 10.6 Å². The minimum absolute atomic E-state index is 0.110. The zero-order valence-corrected chi connectivity index (χ0v) is 9.97. The van der Waals surface area contributed by atoms with Crippen LogP contribution in [0.25, 0.3) is 0 Å². The van der Waals surface area contributed by atoms with Crippen molar-refractivity contribution in [1.29, 1.82) is 5.26 Å². The molecule has 17 heavy (non-hydrogen) atoms. The quantitative estimate of drug-likeness (QED) is 0.598. The highest BCUT2D eigenvalue weighted by Crippen LogP contribution is 2.23. The highest BCUT2D eigenvalue weighted by Gasteiger charge is 2.13. The van der Waals surface area contributed by atoms with Crippen LogP contribution in [0.4, 0.5) is 5.69 Å². The number of aryl methyl sites for hydroxylation is 1. The minimum atomic E-state index is -0.595. The number of carbonyl (C=O) groups excluding carboxylic acids is 2. The van der Waals surface area contributed by atoms with Crippen LogP contribution in [0, 0.1) is 18.3 Å². The second-order valence-electron chi connectivity index (χ2n) is 3.13. The van der Waals surface area contributed by atoms with Gasteiger partial charge in [0.25, 0.3) is 5.91 Å². The summed E-state index contributed by atoms with van der Waals surface area (Å²) in [6.45, 7) is 1.27. The van der Waals surface area contributed by atoms with Crippen LogP contribution in [0.5, 0.6) is 0 Å². The molecule has 1 aromatic heterocycles. The highest BCUT2D eigenvalue weighted by molar-refractivity contribution is 7.14. The molecule has 7 heteroatoms. The maximum Gasteiger partial charge on any atom is 0.348 e. The molecular weight excluding hydrogens is 242 g/mol. The SMILES string of the molecule is Cc1sc(C(=O)OCC(=O)NCC#N)cc1N. The summed E-state index contributed by atoms with van der Waals surface area (Å²) in [4.78, 5) is 23.7. The summed E-state index contributed by atoms with van der Waals surface area (Å²) in [7, 11) is 0. The first-order valence-corrected chi connectivity index (χ1v) is 5.53. The Balaban J connectivity index is 2.45. The fourth-order valence-corrected chi connectivity index (χ4v) is 1.82. The lowest BCUT2D eigenvalue weighted by Gasteiger charge is -2.02. The molecule has 0 saturated carbocycles. The largest absolute Gasteiger partial charge is 0.451 e. The molecule has 0 bridgehead atoms. The van der Waals surface area contributed by atoms with E-state index in [4.69, 9.17) is 15.7 Å². The molecule has 0 spiro atoms. The maximum absolute atomic E-state index is 11.5. The van der Waals surface area contributed by atoms with Crippen LogP contribution >= 0.6 is 11.3 Å². The van der Waals surface area contributed by atoms with E-state index >= 15 is 0 Å². The molecule has 0 atom stereocenters. The van der Waals surface area contributed by atoms with E-state index in [9.17, 15) is 9.59 Å². The van der Waals surface area contributed by atoms with Crippen LogP contribution in [-0.2, 0) is 9.53 Å². The predicted molar refractivity (Wildman–Crippen MR) is 62.4 cm³/mol. The highest BCUT2D eigenvalue weighted by atomic mass is 32.1. The molecule has 0 aliphatic heterocycles. The van der Waals surface area contributed by atoms with E-state index in [0.717, 1.165) is 4.88 Å². The van der Waals surface area contributed by atoms with Crippen molar-refractivity contribution in [2.45, 2.75) is 6.92 Å². The van der Waals surface area contributed by atoms with E-state index in [2.05, 4.69) is 5.32 Å². The molecular formula is C10H11N3O3S. The Labute approximate surface area is 102 Å². The van der Waals surface area contributed by atoms with E-state index < -0.39 is 18.5 Å². The molecule has 90 valence electrons. The smallest absolute Gasteiger partial charge is 0.348 e. The first-order valence-electron chi connectivity index (χ1n) is 4.71. The zero-order valence-electron chi connectivity index (χ0n) is 9.15. The Kier molecular flexibility index (Phi) is 4.48. The van der Waals surface area contributed by atoms with Crippen molar-refractivity contribution < 1.29 is 14.3 Å². The van der Waals surface area contributed by atoms with Gasteiger partial charge < -0.3 is 15.8 Å². The number of ether oxygens (including phenoxy) is 1. The number of thiophene rings is 1. The van der Waals surface area contributed by atoms with Gasteiger partial charge in [0.05, 0.1) is 6.07 Å². The van der Waals surface area contributed by atoms with Gasteiger partial charge in [0, 0.05) is 10.6 Å². The van der Waals surface area contributed by atoms with Crippen molar-refractivity contribution in [3.63, 3.8) is 0 Å². The summed E-state index contributed by atoms with van der Waals surface area (Å²) >= 11 is 1.21. The minimum Gasteiger partial charge on any atom is -0.451 e. The van der Waals surface area contributed by atoms with Crippen molar-refractivity contribution in [1.82, 2.24) is 5.32 Å². The predicted octanol–water partition coefficient (Wildman–Crippen LogP) is 0.435. The van der Waals surface area contributed by atoms with Crippen molar-refractivity contribution in [3.8, 4) is 6.07 Å².